The van der Waals surface area contributed by atoms with Gasteiger partial charge >= 0.3 is 23.9 Å². The largest absolute Gasteiger partial charge is 0.481 e. The molecular formula is C35H40O8. The number of ether oxygens (including phenoxy) is 3. The molecule has 0 amide bonds. The van der Waals surface area contributed by atoms with E-state index in [0.29, 0.717) is 54.4 Å². The van der Waals surface area contributed by atoms with E-state index < -0.39 is 11.9 Å². The molecule has 0 saturated heterocycles. The van der Waals surface area contributed by atoms with Crippen molar-refractivity contribution in [1.29, 1.82) is 0 Å². The highest BCUT2D eigenvalue weighted by Gasteiger charge is 2.12. The van der Waals surface area contributed by atoms with Crippen molar-refractivity contribution >= 4 is 23.9 Å². The third kappa shape index (κ3) is 11.7. The number of unbranched alkanes of at least 4 members (excludes halogenated alkanes) is 5. The molecule has 0 aliphatic rings. The minimum Gasteiger partial charge on any atom is -0.481 e. The van der Waals surface area contributed by atoms with Crippen molar-refractivity contribution in [2.24, 2.45) is 5.92 Å². The van der Waals surface area contributed by atoms with Crippen molar-refractivity contribution in [3.05, 3.63) is 83.9 Å². The Morgan fingerprint density at radius 2 is 1.09 bits per heavy atom. The molecule has 0 radical (unpaired) electrons. The number of carbonyl (C=O) groups is 4. The minimum atomic E-state index is -0.767. The maximum Gasteiger partial charge on any atom is 0.343 e. The van der Waals surface area contributed by atoms with E-state index in [1.165, 1.54) is 0 Å². The van der Waals surface area contributed by atoms with E-state index in [1.807, 2.05) is 31.2 Å². The fourth-order valence-corrected chi connectivity index (χ4v) is 4.19. The molecule has 0 bridgehead atoms. The monoisotopic (exact) mass is 588 g/mol. The van der Waals surface area contributed by atoms with Crippen LogP contribution in [0.2, 0.25) is 0 Å². The zero-order valence-electron chi connectivity index (χ0n) is 24.9. The summed E-state index contributed by atoms with van der Waals surface area (Å²) in [5.41, 5.74) is 2.63. The number of carboxylic acid groups (broad SMARTS) is 1. The van der Waals surface area contributed by atoms with Crippen molar-refractivity contribution in [3.8, 4) is 22.6 Å². The van der Waals surface area contributed by atoms with E-state index in [-0.39, 0.29) is 18.4 Å². The smallest absolute Gasteiger partial charge is 0.343 e. The Morgan fingerprint density at radius 1 is 0.628 bits per heavy atom. The molecule has 43 heavy (non-hydrogen) atoms. The van der Waals surface area contributed by atoms with Crippen LogP contribution in [0.5, 0.6) is 11.5 Å². The normalized spacial score (nSPS) is 11.4. The Morgan fingerprint density at radius 3 is 1.67 bits per heavy atom. The molecule has 0 saturated carbocycles. The van der Waals surface area contributed by atoms with Crippen molar-refractivity contribution in [3.63, 3.8) is 0 Å². The molecule has 1 atom stereocenters. The molecule has 0 aromatic heterocycles. The van der Waals surface area contributed by atoms with Crippen molar-refractivity contribution < 1.29 is 38.5 Å². The predicted molar refractivity (Wildman–Crippen MR) is 163 cm³/mol. The van der Waals surface area contributed by atoms with Crippen LogP contribution < -0.4 is 9.47 Å². The number of hydrogen-bond acceptors (Lipinski definition) is 7. The first-order valence-electron chi connectivity index (χ1n) is 14.9. The zero-order valence-corrected chi connectivity index (χ0v) is 24.9. The van der Waals surface area contributed by atoms with Gasteiger partial charge in [0, 0.05) is 12.8 Å². The van der Waals surface area contributed by atoms with Gasteiger partial charge in [0.2, 0.25) is 0 Å². The Bertz CT molecular complexity index is 1330. The third-order valence-electron chi connectivity index (χ3n) is 7.06. The summed E-state index contributed by atoms with van der Waals surface area (Å²) >= 11 is 0. The van der Waals surface area contributed by atoms with Gasteiger partial charge in [0.25, 0.3) is 0 Å². The van der Waals surface area contributed by atoms with Crippen LogP contribution >= 0.6 is 0 Å². The van der Waals surface area contributed by atoms with Gasteiger partial charge in [-0.25, -0.2) is 9.59 Å². The molecular weight excluding hydrogens is 548 g/mol. The number of carbonyl (C=O) groups excluding carboxylic acids is 3. The highest BCUT2D eigenvalue weighted by molar-refractivity contribution is 5.91. The van der Waals surface area contributed by atoms with E-state index in [2.05, 4.69) is 6.92 Å². The predicted octanol–water partition coefficient (Wildman–Crippen LogP) is 7.89. The van der Waals surface area contributed by atoms with Crippen LogP contribution in [0.4, 0.5) is 0 Å². The summed E-state index contributed by atoms with van der Waals surface area (Å²) in [6.07, 6.45) is 6.51. The lowest BCUT2D eigenvalue weighted by molar-refractivity contribution is -0.137. The number of esters is 3. The molecule has 0 spiro atoms. The minimum absolute atomic E-state index is 0.201. The first kappa shape index (κ1) is 33.0. The first-order valence-corrected chi connectivity index (χ1v) is 14.9. The highest BCUT2D eigenvalue weighted by Crippen LogP contribution is 2.24. The van der Waals surface area contributed by atoms with Crippen LogP contribution in [0.1, 0.15) is 92.4 Å². The van der Waals surface area contributed by atoms with E-state index in [9.17, 15) is 19.2 Å². The van der Waals surface area contributed by atoms with Gasteiger partial charge in [-0.05, 0) is 78.4 Å². The van der Waals surface area contributed by atoms with Crippen LogP contribution in [0.3, 0.4) is 0 Å². The maximum atomic E-state index is 12.6. The molecule has 3 rings (SSSR count). The fraction of sp³-hybridized carbons (Fsp3) is 0.371. The number of aliphatic carboxylic acids is 1. The van der Waals surface area contributed by atoms with Gasteiger partial charge < -0.3 is 19.3 Å². The molecule has 3 aromatic rings. The number of benzene rings is 3. The quantitative estimate of drug-likeness (QED) is 0.0961. The summed E-state index contributed by atoms with van der Waals surface area (Å²) < 4.78 is 16.2. The summed E-state index contributed by atoms with van der Waals surface area (Å²) in [7, 11) is 0. The Labute approximate surface area is 253 Å². The van der Waals surface area contributed by atoms with Crippen molar-refractivity contribution in [1.82, 2.24) is 0 Å². The van der Waals surface area contributed by atoms with Crippen LogP contribution in [0.25, 0.3) is 11.1 Å². The van der Waals surface area contributed by atoms with Crippen LogP contribution in [0.15, 0.2) is 72.8 Å². The lowest BCUT2D eigenvalue weighted by atomic mass is 10.0. The molecule has 0 aliphatic heterocycles. The second kappa shape index (κ2) is 17.5. The van der Waals surface area contributed by atoms with Gasteiger partial charge in [0.05, 0.1) is 17.7 Å². The zero-order chi connectivity index (χ0) is 31.0. The third-order valence-corrected chi connectivity index (χ3v) is 7.06. The summed E-state index contributed by atoms with van der Waals surface area (Å²) in [5.74, 6) is -0.911. The second-order valence-corrected chi connectivity index (χ2v) is 10.6. The lowest BCUT2D eigenvalue weighted by Crippen LogP contribution is -2.11. The molecule has 3 aromatic carbocycles. The van der Waals surface area contributed by atoms with Gasteiger partial charge in [-0.2, -0.15) is 0 Å². The number of hydrogen-bond donors (Lipinski definition) is 1. The van der Waals surface area contributed by atoms with Gasteiger partial charge in [0.1, 0.15) is 11.5 Å². The summed E-state index contributed by atoms with van der Waals surface area (Å²) in [6.45, 7) is 4.49. The summed E-state index contributed by atoms with van der Waals surface area (Å²) in [5, 5.41) is 8.64. The molecule has 228 valence electrons. The van der Waals surface area contributed by atoms with Gasteiger partial charge in [-0.1, -0.05) is 70.2 Å². The van der Waals surface area contributed by atoms with Gasteiger partial charge in [0.15, 0.2) is 0 Å². The Kier molecular flexibility index (Phi) is 13.4. The Balaban J connectivity index is 1.41. The summed E-state index contributed by atoms with van der Waals surface area (Å²) in [4.78, 5) is 47.5. The SMILES string of the molecule is CCC(C)COC(=O)c1ccc(-c2ccc(OC(=O)c3ccc(OC(=O)CCCCCCCCC(=O)O)cc3)cc2)cc1. The standard InChI is InChI=1S/C35H40O8/c1-3-25(2)24-41-34(39)28-14-12-26(13-15-28)27-16-20-31(21-17-27)43-35(40)29-18-22-30(23-19-29)42-33(38)11-9-7-5-4-6-8-10-32(36)37/h12-23,25H,3-11,24H2,1-2H3,(H,36,37). The average molecular weight is 589 g/mol. The Hall–Kier alpha value is -4.46. The van der Waals surface area contributed by atoms with E-state index in [1.54, 1.807) is 48.5 Å². The van der Waals surface area contributed by atoms with Crippen LogP contribution in [-0.2, 0) is 14.3 Å². The lowest BCUT2D eigenvalue weighted by Gasteiger charge is -2.10. The highest BCUT2D eigenvalue weighted by atomic mass is 16.5. The van der Waals surface area contributed by atoms with Gasteiger partial charge in [-0.15, -0.1) is 0 Å². The van der Waals surface area contributed by atoms with Crippen molar-refractivity contribution in [2.45, 2.75) is 71.6 Å². The number of rotatable bonds is 17. The molecule has 8 nitrogen and oxygen atoms in total. The second-order valence-electron chi connectivity index (χ2n) is 10.6. The molecule has 8 heteroatoms. The summed E-state index contributed by atoms with van der Waals surface area (Å²) in [6, 6.07) is 20.5. The van der Waals surface area contributed by atoms with Gasteiger partial charge in [-0.3, -0.25) is 9.59 Å². The topological polar surface area (TPSA) is 116 Å². The van der Waals surface area contributed by atoms with E-state index in [4.69, 9.17) is 19.3 Å². The number of carboxylic acids is 1. The van der Waals surface area contributed by atoms with Crippen LogP contribution in [-0.4, -0.2) is 35.6 Å². The maximum absolute atomic E-state index is 12.6. The van der Waals surface area contributed by atoms with Crippen LogP contribution in [0, 0.1) is 5.92 Å². The molecule has 0 aliphatic carbocycles. The van der Waals surface area contributed by atoms with E-state index in [0.717, 1.165) is 43.2 Å². The first-order chi connectivity index (χ1) is 20.7. The van der Waals surface area contributed by atoms with Crippen molar-refractivity contribution in [2.75, 3.05) is 6.61 Å². The molecule has 1 N–H and O–H groups in total. The van der Waals surface area contributed by atoms with E-state index >= 15 is 0 Å². The molecule has 1 unspecified atom stereocenters. The fourth-order valence-electron chi connectivity index (χ4n) is 4.19. The molecule has 0 fully saturated rings. The molecule has 0 heterocycles. The average Bonchev–Trinajstić information content (AvgIpc) is 3.01.